The summed E-state index contributed by atoms with van der Waals surface area (Å²) in [5, 5.41) is 10.3. The van der Waals surface area contributed by atoms with Gasteiger partial charge in [-0.1, -0.05) is 0 Å². The first-order valence-electron chi connectivity index (χ1n) is 10.6. The van der Waals surface area contributed by atoms with Crippen LogP contribution in [0.3, 0.4) is 0 Å². The highest BCUT2D eigenvalue weighted by atomic mass is 16.5. The minimum Gasteiger partial charge on any atom is -0.496 e. The average Bonchev–Trinajstić information content (AvgIpc) is 3.57. The van der Waals surface area contributed by atoms with E-state index in [1.54, 1.807) is 24.2 Å². The highest BCUT2D eigenvalue weighted by Gasteiger charge is 2.21. The van der Waals surface area contributed by atoms with Crippen LogP contribution in [0.2, 0.25) is 0 Å². The maximum Gasteiger partial charge on any atom is 0.165 e. The van der Waals surface area contributed by atoms with Crippen LogP contribution in [0.4, 0.5) is 0 Å². The number of nitrogens with zero attached hydrogens (tertiary/aromatic N) is 7. The van der Waals surface area contributed by atoms with Gasteiger partial charge in [-0.15, -0.1) is 0 Å². The molecular weight excluding hydrogens is 414 g/mol. The first-order valence-corrected chi connectivity index (χ1v) is 10.6. The van der Waals surface area contributed by atoms with Crippen molar-refractivity contribution in [1.82, 2.24) is 33.9 Å². The van der Waals surface area contributed by atoms with Gasteiger partial charge in [0, 0.05) is 53.6 Å². The largest absolute Gasteiger partial charge is 0.496 e. The number of rotatable bonds is 4. The molecule has 0 bridgehead atoms. The lowest BCUT2D eigenvalue weighted by molar-refractivity contribution is 0.416. The van der Waals surface area contributed by atoms with E-state index >= 15 is 0 Å². The zero-order valence-electron chi connectivity index (χ0n) is 18.5. The summed E-state index contributed by atoms with van der Waals surface area (Å²) in [6.07, 6.45) is 7.48. The lowest BCUT2D eigenvalue weighted by atomic mass is 10.0. The molecule has 0 amide bonds. The van der Waals surface area contributed by atoms with Crippen LogP contribution < -0.4 is 4.74 Å². The molecule has 0 saturated heterocycles. The van der Waals surface area contributed by atoms with Gasteiger partial charge in [-0.2, -0.15) is 14.7 Å². The van der Waals surface area contributed by atoms with Crippen LogP contribution in [0.15, 0.2) is 73.3 Å². The molecule has 6 aromatic rings. The van der Waals surface area contributed by atoms with Crippen LogP contribution in [-0.2, 0) is 0 Å². The average molecular weight is 435 g/mol. The van der Waals surface area contributed by atoms with Crippen molar-refractivity contribution in [2.45, 2.75) is 13.8 Å². The number of fused-ring (bicyclic) bond motifs is 2. The molecule has 0 aliphatic heterocycles. The van der Waals surface area contributed by atoms with Crippen molar-refractivity contribution in [3.05, 3.63) is 84.7 Å². The SMILES string of the molecule is COc1cc(-n2cccn2)ccc1-c1c(C)nn2c(-n3ccc4cccnc43)cc(C)nc12. The van der Waals surface area contributed by atoms with Crippen molar-refractivity contribution in [1.29, 1.82) is 0 Å². The van der Waals surface area contributed by atoms with Gasteiger partial charge in [-0.3, -0.25) is 4.57 Å². The van der Waals surface area contributed by atoms with Gasteiger partial charge in [0.15, 0.2) is 5.65 Å². The summed E-state index contributed by atoms with van der Waals surface area (Å²) in [5.74, 6) is 1.62. The monoisotopic (exact) mass is 435 g/mol. The van der Waals surface area contributed by atoms with Crippen molar-refractivity contribution < 1.29 is 4.74 Å². The number of aromatic nitrogens is 7. The fraction of sp³-hybridized carbons (Fsp3) is 0.120. The Hall–Kier alpha value is -4.46. The van der Waals surface area contributed by atoms with Gasteiger partial charge in [0.2, 0.25) is 0 Å². The number of pyridine rings is 1. The first kappa shape index (κ1) is 19.2. The van der Waals surface area contributed by atoms with E-state index in [1.807, 2.05) is 71.7 Å². The van der Waals surface area contributed by atoms with E-state index in [0.29, 0.717) is 0 Å². The molecule has 0 unspecified atom stereocenters. The zero-order valence-corrected chi connectivity index (χ0v) is 18.5. The van der Waals surface area contributed by atoms with Gasteiger partial charge in [-0.05, 0) is 50.2 Å². The lowest BCUT2D eigenvalue weighted by Crippen LogP contribution is -2.05. The third kappa shape index (κ3) is 2.99. The van der Waals surface area contributed by atoms with Crippen molar-refractivity contribution in [2.24, 2.45) is 0 Å². The van der Waals surface area contributed by atoms with Crippen LogP contribution in [0.25, 0.3) is 39.3 Å². The maximum absolute atomic E-state index is 5.78. The molecule has 0 N–H and O–H groups in total. The molecular formula is C25H21N7O. The van der Waals surface area contributed by atoms with Crippen LogP contribution in [0, 0.1) is 13.8 Å². The molecule has 5 aromatic heterocycles. The van der Waals surface area contributed by atoms with E-state index in [2.05, 4.69) is 22.2 Å². The smallest absolute Gasteiger partial charge is 0.165 e. The maximum atomic E-state index is 5.78. The summed E-state index contributed by atoms with van der Waals surface area (Å²) >= 11 is 0. The van der Waals surface area contributed by atoms with Gasteiger partial charge in [0.25, 0.3) is 0 Å². The molecule has 8 heteroatoms. The highest BCUT2D eigenvalue weighted by molar-refractivity contribution is 5.85. The van der Waals surface area contributed by atoms with Gasteiger partial charge >= 0.3 is 0 Å². The number of hydrogen-bond donors (Lipinski definition) is 0. The van der Waals surface area contributed by atoms with Gasteiger partial charge in [0.05, 0.1) is 24.1 Å². The molecule has 0 aliphatic carbocycles. The summed E-state index contributed by atoms with van der Waals surface area (Å²) in [6.45, 7) is 3.99. The number of aryl methyl sites for hydroxylation is 2. The standard InChI is InChI=1S/C25H21N7O/c1-16-14-22(30-13-9-18-6-4-10-26-24(18)30)32-25(28-16)23(17(2)29-32)20-8-7-19(15-21(20)33-3)31-12-5-11-27-31/h4-15H,1-3H3. The Morgan fingerprint density at radius 2 is 1.82 bits per heavy atom. The molecule has 33 heavy (non-hydrogen) atoms. The molecule has 0 fully saturated rings. The zero-order chi connectivity index (χ0) is 22.5. The molecule has 0 atom stereocenters. The minimum absolute atomic E-state index is 0.735. The summed E-state index contributed by atoms with van der Waals surface area (Å²) in [6, 6.07) is 16.0. The fourth-order valence-corrected chi connectivity index (χ4v) is 4.31. The van der Waals surface area contributed by atoms with Crippen LogP contribution in [-0.4, -0.2) is 41.0 Å². The van der Waals surface area contributed by atoms with Gasteiger partial charge in [-0.25, -0.2) is 14.6 Å². The van der Waals surface area contributed by atoms with E-state index in [4.69, 9.17) is 14.8 Å². The van der Waals surface area contributed by atoms with Crippen LogP contribution in [0.1, 0.15) is 11.4 Å². The third-order valence-electron chi connectivity index (χ3n) is 5.79. The summed E-state index contributed by atoms with van der Waals surface area (Å²) in [7, 11) is 1.68. The Kier molecular flexibility index (Phi) is 4.26. The molecule has 6 rings (SSSR count). The molecule has 0 aliphatic rings. The Morgan fingerprint density at radius 3 is 2.64 bits per heavy atom. The Labute approximate surface area is 189 Å². The molecule has 162 valence electrons. The minimum atomic E-state index is 0.735. The summed E-state index contributed by atoms with van der Waals surface area (Å²) < 4.78 is 11.5. The van der Waals surface area contributed by atoms with E-state index in [1.165, 1.54) is 0 Å². The Morgan fingerprint density at radius 1 is 0.909 bits per heavy atom. The molecule has 0 radical (unpaired) electrons. The van der Waals surface area contributed by atoms with Crippen molar-refractivity contribution >= 4 is 16.7 Å². The topological polar surface area (TPSA) is 75.1 Å². The normalized spacial score (nSPS) is 11.5. The summed E-state index contributed by atoms with van der Waals surface area (Å²) in [5.41, 5.74) is 6.19. The number of ether oxygens (including phenoxy) is 1. The van der Waals surface area contributed by atoms with E-state index in [0.717, 1.165) is 56.5 Å². The number of hydrogen-bond acceptors (Lipinski definition) is 5. The van der Waals surface area contributed by atoms with Crippen LogP contribution >= 0.6 is 0 Å². The van der Waals surface area contributed by atoms with Crippen LogP contribution in [0.5, 0.6) is 5.75 Å². The second kappa shape index (κ2) is 7.30. The number of methoxy groups -OCH3 is 1. The van der Waals surface area contributed by atoms with Crippen molar-refractivity contribution in [2.75, 3.05) is 7.11 Å². The van der Waals surface area contributed by atoms with Gasteiger partial charge in [0.1, 0.15) is 17.2 Å². The van der Waals surface area contributed by atoms with Gasteiger partial charge < -0.3 is 4.74 Å². The van der Waals surface area contributed by atoms with E-state index < -0.39 is 0 Å². The first-order chi connectivity index (χ1) is 16.1. The van der Waals surface area contributed by atoms with E-state index in [9.17, 15) is 0 Å². The van der Waals surface area contributed by atoms with Crippen molar-refractivity contribution in [3.63, 3.8) is 0 Å². The predicted octanol–water partition coefficient (Wildman–Crippen LogP) is 4.55. The number of benzene rings is 1. The van der Waals surface area contributed by atoms with E-state index in [-0.39, 0.29) is 0 Å². The Balaban J connectivity index is 1.59. The quantitative estimate of drug-likeness (QED) is 0.406. The highest BCUT2D eigenvalue weighted by Crippen LogP contribution is 2.37. The fourth-order valence-electron chi connectivity index (χ4n) is 4.31. The molecule has 0 saturated carbocycles. The van der Waals surface area contributed by atoms with Crippen molar-refractivity contribution in [3.8, 4) is 28.4 Å². The molecule has 5 heterocycles. The third-order valence-corrected chi connectivity index (χ3v) is 5.79. The lowest BCUT2D eigenvalue weighted by Gasteiger charge is -2.12. The second-order valence-electron chi connectivity index (χ2n) is 7.89. The molecule has 8 nitrogen and oxygen atoms in total. The Bertz CT molecular complexity index is 1630. The predicted molar refractivity (Wildman–Crippen MR) is 126 cm³/mol. The molecule has 1 aromatic carbocycles. The second-order valence-corrected chi connectivity index (χ2v) is 7.89. The summed E-state index contributed by atoms with van der Waals surface area (Å²) in [4.78, 5) is 9.44. The molecule has 0 spiro atoms.